The van der Waals surface area contributed by atoms with Gasteiger partial charge in [0.2, 0.25) is 0 Å². The molecule has 0 aliphatic carbocycles. The maximum absolute atomic E-state index is 10.6. The Bertz CT molecular complexity index is 426. The first-order chi connectivity index (χ1) is 8.43. The predicted molar refractivity (Wildman–Crippen MR) is 74.5 cm³/mol. The average molecular weight is 317 g/mol. The molecule has 1 unspecified atom stereocenters. The Hall–Kier alpha value is -1.21. The highest BCUT2D eigenvalue weighted by Crippen LogP contribution is 2.25. The summed E-state index contributed by atoms with van der Waals surface area (Å²) >= 11 is 3.27. The number of nitrogens with two attached hydrogens (primary N) is 1. The van der Waals surface area contributed by atoms with Gasteiger partial charge in [0.1, 0.15) is 12.0 Å². The summed E-state index contributed by atoms with van der Waals surface area (Å²) < 4.78 is 0.568. The van der Waals surface area contributed by atoms with E-state index < -0.39 is 4.92 Å². The van der Waals surface area contributed by atoms with Gasteiger partial charge in [-0.1, -0.05) is 13.8 Å². The van der Waals surface area contributed by atoms with E-state index in [1.54, 1.807) is 0 Å². The molecule has 3 N–H and O–H groups in total. The molecule has 1 rings (SSSR count). The topological polar surface area (TPSA) is 94.1 Å². The van der Waals surface area contributed by atoms with Crippen molar-refractivity contribution in [2.75, 3.05) is 11.9 Å². The molecule has 7 heteroatoms. The zero-order valence-electron chi connectivity index (χ0n) is 10.4. The van der Waals surface area contributed by atoms with Crippen LogP contribution in [0.25, 0.3) is 0 Å². The maximum Gasteiger partial charge on any atom is 0.288 e. The van der Waals surface area contributed by atoms with Crippen LogP contribution in [0.1, 0.15) is 20.3 Å². The zero-order chi connectivity index (χ0) is 13.7. The van der Waals surface area contributed by atoms with Gasteiger partial charge < -0.3 is 11.1 Å². The van der Waals surface area contributed by atoms with Gasteiger partial charge in [-0.3, -0.25) is 10.1 Å². The number of halogens is 1. The van der Waals surface area contributed by atoms with Crippen molar-refractivity contribution in [2.45, 2.75) is 26.3 Å². The fourth-order valence-corrected chi connectivity index (χ4v) is 2.06. The summed E-state index contributed by atoms with van der Waals surface area (Å²) in [7, 11) is 0. The number of hydrogen-bond acceptors (Lipinski definition) is 5. The molecule has 0 radical (unpaired) electrons. The van der Waals surface area contributed by atoms with Gasteiger partial charge in [-0.25, -0.2) is 4.98 Å². The Morgan fingerprint density at radius 3 is 2.72 bits per heavy atom. The summed E-state index contributed by atoms with van der Waals surface area (Å²) in [6.45, 7) is 4.72. The highest BCUT2D eigenvalue weighted by molar-refractivity contribution is 9.10. The van der Waals surface area contributed by atoms with Crippen molar-refractivity contribution in [3.05, 3.63) is 26.9 Å². The lowest BCUT2D eigenvalue weighted by Crippen LogP contribution is -2.30. The van der Waals surface area contributed by atoms with Crippen LogP contribution in [0.2, 0.25) is 0 Å². The van der Waals surface area contributed by atoms with Crippen LogP contribution in [0.3, 0.4) is 0 Å². The van der Waals surface area contributed by atoms with E-state index in [-0.39, 0.29) is 11.7 Å². The Kier molecular flexibility index (Phi) is 5.49. The molecule has 1 aromatic heterocycles. The van der Waals surface area contributed by atoms with Gasteiger partial charge in [-0.2, -0.15) is 0 Å². The second-order valence-corrected chi connectivity index (χ2v) is 5.34. The second-order valence-electron chi connectivity index (χ2n) is 4.49. The first-order valence-electron chi connectivity index (χ1n) is 5.70. The summed E-state index contributed by atoms with van der Waals surface area (Å²) in [6.07, 6.45) is 2.15. The number of nitrogens with one attached hydrogen (secondary N) is 1. The van der Waals surface area contributed by atoms with Crippen molar-refractivity contribution in [3.8, 4) is 0 Å². The van der Waals surface area contributed by atoms with Gasteiger partial charge in [0, 0.05) is 18.7 Å². The Morgan fingerprint density at radius 1 is 1.61 bits per heavy atom. The number of nitro groups is 1. The number of rotatable bonds is 6. The highest BCUT2D eigenvalue weighted by Gasteiger charge is 2.14. The molecule has 0 aliphatic heterocycles. The number of nitrogens with zero attached hydrogens (tertiary/aromatic N) is 2. The predicted octanol–water partition coefficient (Wildman–Crippen LogP) is 2.54. The van der Waals surface area contributed by atoms with Crippen LogP contribution in [-0.4, -0.2) is 22.5 Å². The van der Waals surface area contributed by atoms with E-state index in [9.17, 15) is 10.1 Å². The molecule has 0 amide bonds. The summed E-state index contributed by atoms with van der Waals surface area (Å²) in [5.41, 5.74) is 5.64. The van der Waals surface area contributed by atoms with Crippen LogP contribution in [0.4, 0.5) is 11.5 Å². The number of anilines is 1. The van der Waals surface area contributed by atoms with Crippen molar-refractivity contribution >= 4 is 27.4 Å². The monoisotopic (exact) mass is 316 g/mol. The summed E-state index contributed by atoms with van der Waals surface area (Å²) in [5, 5.41) is 13.8. The Balaban J connectivity index is 2.80. The second kappa shape index (κ2) is 6.65. The minimum absolute atomic E-state index is 0.0411. The van der Waals surface area contributed by atoms with Crippen molar-refractivity contribution in [2.24, 2.45) is 11.7 Å². The molecule has 0 spiro atoms. The highest BCUT2D eigenvalue weighted by atomic mass is 79.9. The molecule has 0 aromatic carbocycles. The molecule has 0 aliphatic rings. The number of pyridine rings is 1. The molecule has 1 aromatic rings. The minimum atomic E-state index is -0.476. The van der Waals surface area contributed by atoms with Crippen LogP contribution in [0.5, 0.6) is 0 Å². The lowest BCUT2D eigenvalue weighted by Gasteiger charge is -2.19. The van der Waals surface area contributed by atoms with Gasteiger partial charge >= 0.3 is 0 Å². The van der Waals surface area contributed by atoms with Crippen LogP contribution in [0, 0.1) is 16.0 Å². The van der Waals surface area contributed by atoms with E-state index in [0.29, 0.717) is 22.8 Å². The van der Waals surface area contributed by atoms with Crippen molar-refractivity contribution in [3.63, 3.8) is 0 Å². The third-order valence-corrected chi connectivity index (χ3v) is 3.02. The Labute approximate surface area is 114 Å². The molecule has 0 saturated carbocycles. The summed E-state index contributed by atoms with van der Waals surface area (Å²) in [6, 6.07) is 1.54. The van der Waals surface area contributed by atoms with E-state index in [1.807, 2.05) is 0 Å². The van der Waals surface area contributed by atoms with E-state index in [2.05, 4.69) is 40.1 Å². The van der Waals surface area contributed by atoms with Crippen molar-refractivity contribution in [1.29, 1.82) is 0 Å². The van der Waals surface area contributed by atoms with Crippen LogP contribution < -0.4 is 11.1 Å². The molecule has 0 fully saturated rings. The first-order valence-corrected chi connectivity index (χ1v) is 6.49. The fraction of sp³-hybridized carbons (Fsp3) is 0.545. The smallest absolute Gasteiger partial charge is 0.288 e. The first kappa shape index (κ1) is 14.8. The molecule has 1 atom stereocenters. The van der Waals surface area contributed by atoms with Crippen LogP contribution in [0.15, 0.2) is 16.7 Å². The van der Waals surface area contributed by atoms with Gasteiger partial charge in [0.15, 0.2) is 0 Å². The van der Waals surface area contributed by atoms with E-state index >= 15 is 0 Å². The molecule has 0 saturated heterocycles. The maximum atomic E-state index is 10.6. The Morgan fingerprint density at radius 2 is 2.28 bits per heavy atom. The molecule has 0 bridgehead atoms. The summed E-state index contributed by atoms with van der Waals surface area (Å²) in [5.74, 6) is 1.10. The molecule has 18 heavy (non-hydrogen) atoms. The average Bonchev–Trinajstić information content (AvgIpc) is 2.29. The van der Waals surface area contributed by atoms with Gasteiger partial charge in [-0.05, 0) is 28.3 Å². The lowest BCUT2D eigenvalue weighted by atomic mass is 10.0. The van der Waals surface area contributed by atoms with Crippen molar-refractivity contribution in [1.82, 2.24) is 4.98 Å². The standard InChI is InChI=1S/C11H17BrN4O2/c1-7(2)3-8(5-13)15-11-10(12)4-9(6-14-11)16(17)18/h4,6-8H,3,5,13H2,1-2H3,(H,14,15). The van der Waals surface area contributed by atoms with Crippen LogP contribution in [-0.2, 0) is 0 Å². The van der Waals surface area contributed by atoms with E-state index in [4.69, 9.17) is 5.73 Å². The lowest BCUT2D eigenvalue weighted by molar-refractivity contribution is -0.385. The van der Waals surface area contributed by atoms with Gasteiger partial charge in [-0.15, -0.1) is 0 Å². The molecule has 6 nitrogen and oxygen atoms in total. The molecular weight excluding hydrogens is 300 g/mol. The minimum Gasteiger partial charge on any atom is -0.365 e. The molecule has 100 valence electrons. The number of aromatic nitrogens is 1. The number of hydrogen-bond donors (Lipinski definition) is 2. The largest absolute Gasteiger partial charge is 0.365 e. The SMILES string of the molecule is CC(C)CC(CN)Nc1ncc([N+](=O)[O-])cc1Br. The van der Waals surface area contributed by atoms with Crippen molar-refractivity contribution < 1.29 is 4.92 Å². The van der Waals surface area contributed by atoms with Gasteiger partial charge in [0.05, 0.1) is 9.40 Å². The summed E-state index contributed by atoms with van der Waals surface area (Å²) in [4.78, 5) is 14.2. The zero-order valence-corrected chi connectivity index (χ0v) is 12.0. The van der Waals surface area contributed by atoms with Crippen LogP contribution >= 0.6 is 15.9 Å². The molecule has 1 heterocycles. The quantitative estimate of drug-likeness (QED) is 0.621. The third kappa shape index (κ3) is 4.23. The van der Waals surface area contributed by atoms with E-state index in [0.717, 1.165) is 6.42 Å². The normalized spacial score (nSPS) is 12.5. The molecular formula is C11H17BrN4O2. The van der Waals surface area contributed by atoms with Gasteiger partial charge in [0.25, 0.3) is 5.69 Å². The fourth-order valence-electron chi connectivity index (χ4n) is 1.61. The van der Waals surface area contributed by atoms with E-state index in [1.165, 1.54) is 12.3 Å². The third-order valence-electron chi connectivity index (χ3n) is 2.42.